The Bertz CT molecular complexity index is 693. The van der Waals surface area contributed by atoms with Crippen LogP contribution in [0.2, 0.25) is 0 Å². The summed E-state index contributed by atoms with van der Waals surface area (Å²) in [4.78, 5) is 0. The van der Waals surface area contributed by atoms with Crippen LogP contribution in [0.3, 0.4) is 0 Å². The lowest BCUT2D eigenvalue weighted by Crippen LogP contribution is -2.40. The number of alkyl halides is 3. The van der Waals surface area contributed by atoms with E-state index in [-0.39, 0.29) is 16.3 Å². The van der Waals surface area contributed by atoms with Gasteiger partial charge in [0.15, 0.2) is 0 Å². The topological polar surface area (TPSA) is 0 Å². The summed E-state index contributed by atoms with van der Waals surface area (Å²) < 4.78 is 41.4. The van der Waals surface area contributed by atoms with Crippen molar-refractivity contribution in [1.29, 1.82) is 0 Å². The number of hydrogen-bond donors (Lipinski definition) is 0. The minimum atomic E-state index is -4.56. The number of hydrogen-bond acceptors (Lipinski definition) is 0. The van der Waals surface area contributed by atoms with Gasteiger partial charge in [0.05, 0.1) is 0 Å². The van der Waals surface area contributed by atoms with E-state index in [2.05, 4.69) is 20.8 Å². The molecule has 0 fully saturated rings. The Morgan fingerprint density at radius 3 is 1.81 bits per heavy atom. The van der Waals surface area contributed by atoms with Crippen LogP contribution >= 0.6 is 0 Å². The van der Waals surface area contributed by atoms with Crippen LogP contribution in [0, 0.1) is 5.41 Å². The normalized spacial score (nSPS) is 14.6. The van der Waals surface area contributed by atoms with Crippen molar-refractivity contribution >= 4 is 26.6 Å². The van der Waals surface area contributed by atoms with Crippen LogP contribution in [0.1, 0.15) is 122 Å². The van der Waals surface area contributed by atoms with Crippen molar-refractivity contribution in [3.05, 3.63) is 22.8 Å². The summed E-state index contributed by atoms with van der Waals surface area (Å²) in [6.45, 7) is 12.8. The average molecular weight is 432 g/mol. The van der Waals surface area contributed by atoms with Crippen LogP contribution in [-0.4, -0.2) is 15.7 Å². The zero-order valence-corrected chi connectivity index (χ0v) is 20.6. The molecule has 0 aliphatic carbocycles. The molecule has 4 radical (unpaired) electrons. The van der Waals surface area contributed by atoms with E-state index >= 15 is 0 Å². The van der Waals surface area contributed by atoms with E-state index < -0.39 is 17.2 Å². The third-order valence-corrected chi connectivity index (χ3v) is 7.31. The van der Waals surface area contributed by atoms with Crippen molar-refractivity contribution in [2.45, 2.75) is 124 Å². The van der Waals surface area contributed by atoms with E-state index in [9.17, 15) is 13.2 Å². The van der Waals surface area contributed by atoms with Gasteiger partial charge < -0.3 is 0 Å². The van der Waals surface area contributed by atoms with Gasteiger partial charge in [-0.25, -0.2) is 0 Å². The third kappa shape index (κ3) is 7.32. The number of unbranched alkanes of at least 4 members (excludes halogenated alkanes) is 4. The lowest BCUT2D eigenvalue weighted by molar-refractivity contribution is -0.135. The maximum Gasteiger partial charge on any atom is 0.415 e. The molecule has 0 N–H and O–H groups in total. The zero-order valence-electron chi connectivity index (χ0n) is 20.6. The quantitative estimate of drug-likeness (QED) is 0.231. The first kappa shape index (κ1) is 28.2. The fourth-order valence-electron chi connectivity index (χ4n) is 4.90. The Hall–Kier alpha value is -0.860. The third-order valence-electron chi connectivity index (χ3n) is 7.31. The smallest absolute Gasteiger partial charge is 0.166 e. The standard InChI is InChI=1S/C26H41B2F3/c1-7-11-13-14-16-24(5,15-12-8-2)18-19-17-20(27)22(26(29,30)31)23(28)21(19)25(6,9-3)10-4/h17H,7-16,18H2,1-6H3. The first-order chi connectivity index (χ1) is 14.4. The molecule has 1 aromatic rings. The highest BCUT2D eigenvalue weighted by Crippen LogP contribution is 2.40. The van der Waals surface area contributed by atoms with E-state index in [1.807, 2.05) is 20.8 Å². The van der Waals surface area contributed by atoms with Crippen LogP contribution in [0.25, 0.3) is 0 Å². The molecular weight excluding hydrogens is 391 g/mol. The van der Waals surface area contributed by atoms with E-state index in [0.717, 1.165) is 56.9 Å². The molecule has 1 unspecified atom stereocenters. The molecular formula is C26H41B2F3. The highest BCUT2D eigenvalue weighted by atomic mass is 19.4. The molecule has 0 amide bonds. The minimum Gasteiger partial charge on any atom is -0.166 e. The summed E-state index contributed by atoms with van der Waals surface area (Å²) in [6.07, 6.45) is 6.72. The lowest BCUT2D eigenvalue weighted by atomic mass is 9.63. The average Bonchev–Trinajstić information content (AvgIpc) is 2.68. The van der Waals surface area contributed by atoms with Crippen LogP contribution in [0.5, 0.6) is 0 Å². The van der Waals surface area contributed by atoms with Crippen molar-refractivity contribution < 1.29 is 13.2 Å². The van der Waals surface area contributed by atoms with Gasteiger partial charge in [-0.1, -0.05) is 97.1 Å². The summed E-state index contributed by atoms with van der Waals surface area (Å²) in [5, 5.41) is 0. The molecule has 1 rings (SSSR count). The second-order valence-electron chi connectivity index (χ2n) is 9.96. The van der Waals surface area contributed by atoms with Gasteiger partial charge in [-0.15, -0.1) is 0 Å². The predicted molar refractivity (Wildman–Crippen MR) is 130 cm³/mol. The first-order valence-corrected chi connectivity index (χ1v) is 12.2. The summed E-state index contributed by atoms with van der Waals surface area (Å²) in [6, 6.07) is 1.58. The maximum absolute atomic E-state index is 13.8. The fourth-order valence-corrected chi connectivity index (χ4v) is 4.90. The van der Waals surface area contributed by atoms with Crippen molar-refractivity contribution in [3.8, 4) is 0 Å². The van der Waals surface area contributed by atoms with E-state index in [1.165, 1.54) is 19.3 Å². The molecule has 0 saturated carbocycles. The predicted octanol–water partition coefficient (Wildman–Crippen LogP) is 7.08. The van der Waals surface area contributed by atoms with E-state index in [4.69, 9.17) is 15.7 Å². The van der Waals surface area contributed by atoms with Crippen molar-refractivity contribution in [2.24, 2.45) is 5.41 Å². The van der Waals surface area contributed by atoms with Gasteiger partial charge in [0.25, 0.3) is 0 Å². The van der Waals surface area contributed by atoms with Crippen LogP contribution in [0.4, 0.5) is 13.2 Å². The van der Waals surface area contributed by atoms with Gasteiger partial charge >= 0.3 is 6.18 Å². The van der Waals surface area contributed by atoms with Crippen LogP contribution in [-0.2, 0) is 18.0 Å². The Labute approximate surface area is 192 Å². The van der Waals surface area contributed by atoms with Crippen LogP contribution in [0.15, 0.2) is 6.07 Å². The monoisotopic (exact) mass is 432 g/mol. The highest BCUT2D eigenvalue weighted by molar-refractivity contribution is 6.40. The van der Waals surface area contributed by atoms with Crippen molar-refractivity contribution in [3.63, 3.8) is 0 Å². The van der Waals surface area contributed by atoms with Crippen molar-refractivity contribution in [1.82, 2.24) is 0 Å². The van der Waals surface area contributed by atoms with Crippen molar-refractivity contribution in [2.75, 3.05) is 0 Å². The summed E-state index contributed by atoms with van der Waals surface area (Å²) in [5.41, 5.74) is -0.101. The molecule has 5 heteroatoms. The summed E-state index contributed by atoms with van der Waals surface area (Å²) in [5.74, 6) is 0. The van der Waals surface area contributed by atoms with Gasteiger partial charge in [-0.2, -0.15) is 13.2 Å². The SMILES string of the molecule is [B]c1cc(CC(C)(CCCC)CCCCCC)c(C(C)(CC)CC)c([B])c1C(F)(F)F. The molecule has 0 aliphatic heterocycles. The van der Waals surface area contributed by atoms with Gasteiger partial charge in [0.1, 0.15) is 15.7 Å². The van der Waals surface area contributed by atoms with E-state index in [0.29, 0.717) is 5.56 Å². The fraction of sp³-hybridized carbons (Fsp3) is 0.769. The molecule has 0 aliphatic rings. The molecule has 0 heterocycles. The Morgan fingerprint density at radius 1 is 0.774 bits per heavy atom. The largest absolute Gasteiger partial charge is 0.415 e. The number of benzene rings is 1. The molecule has 1 atom stereocenters. The lowest BCUT2D eigenvalue weighted by Gasteiger charge is -2.38. The molecule has 0 bridgehead atoms. The Balaban J connectivity index is 3.56. The van der Waals surface area contributed by atoms with Gasteiger partial charge in [0, 0.05) is 5.56 Å². The minimum absolute atomic E-state index is 0.0273. The number of halogens is 3. The number of rotatable bonds is 13. The first-order valence-electron chi connectivity index (χ1n) is 12.2. The maximum atomic E-state index is 13.8. The van der Waals surface area contributed by atoms with Gasteiger partial charge in [-0.3, -0.25) is 0 Å². The van der Waals surface area contributed by atoms with Crippen LogP contribution < -0.4 is 10.9 Å². The summed E-state index contributed by atoms with van der Waals surface area (Å²) >= 11 is 0. The second kappa shape index (κ2) is 11.8. The summed E-state index contributed by atoms with van der Waals surface area (Å²) in [7, 11) is 12.2. The molecule has 0 spiro atoms. The molecule has 1 aromatic carbocycles. The molecule has 31 heavy (non-hydrogen) atoms. The van der Waals surface area contributed by atoms with E-state index in [1.54, 1.807) is 6.07 Å². The Kier molecular flexibility index (Phi) is 10.8. The molecule has 0 aromatic heterocycles. The van der Waals surface area contributed by atoms with Gasteiger partial charge in [0.2, 0.25) is 0 Å². The second-order valence-corrected chi connectivity index (χ2v) is 9.96. The molecule has 0 nitrogen and oxygen atoms in total. The Morgan fingerprint density at radius 2 is 1.32 bits per heavy atom. The zero-order chi connectivity index (χ0) is 23.9. The molecule has 0 saturated heterocycles. The van der Waals surface area contributed by atoms with Gasteiger partial charge in [-0.05, 0) is 54.1 Å². The molecule has 172 valence electrons. The highest BCUT2D eigenvalue weighted by Gasteiger charge is 2.39.